The van der Waals surface area contributed by atoms with Gasteiger partial charge in [0.05, 0.1) is 0 Å². The van der Waals surface area contributed by atoms with Crippen LogP contribution in [0.1, 0.15) is 26.2 Å². The van der Waals surface area contributed by atoms with Crippen molar-refractivity contribution in [2.75, 3.05) is 19.7 Å². The summed E-state index contributed by atoms with van der Waals surface area (Å²) >= 11 is 0. The largest absolute Gasteiger partial charge is 0.478 e. The molecule has 1 aliphatic heterocycles. The van der Waals surface area contributed by atoms with E-state index in [1.54, 1.807) is 24.0 Å². The van der Waals surface area contributed by atoms with Gasteiger partial charge in [-0.1, -0.05) is 12.1 Å². The van der Waals surface area contributed by atoms with E-state index in [4.69, 9.17) is 9.84 Å². The number of aliphatic hydroxyl groups excluding tert-OH is 1. The summed E-state index contributed by atoms with van der Waals surface area (Å²) in [4.78, 5) is 14.1. The Kier molecular flexibility index (Phi) is 5.56. The first-order valence-corrected chi connectivity index (χ1v) is 7.42. The highest BCUT2D eigenvalue weighted by molar-refractivity contribution is 5.81. The molecule has 5 heteroatoms. The fraction of sp³-hybridized carbons (Fsp3) is 0.562. The van der Waals surface area contributed by atoms with Crippen molar-refractivity contribution in [2.24, 2.45) is 5.92 Å². The first kappa shape index (κ1) is 15.8. The Morgan fingerprint density at radius 1 is 1.52 bits per heavy atom. The number of hydrogen-bond acceptors (Lipinski definition) is 3. The van der Waals surface area contributed by atoms with E-state index in [1.807, 2.05) is 0 Å². The number of amides is 1. The lowest BCUT2D eigenvalue weighted by Gasteiger charge is -2.34. The second-order valence-corrected chi connectivity index (χ2v) is 5.50. The molecule has 0 radical (unpaired) electrons. The Balaban J connectivity index is 1.94. The summed E-state index contributed by atoms with van der Waals surface area (Å²) in [5.74, 6) is -0.148. The van der Waals surface area contributed by atoms with Crippen molar-refractivity contribution in [3.05, 3.63) is 30.1 Å². The number of benzene rings is 1. The van der Waals surface area contributed by atoms with Gasteiger partial charge in [0, 0.05) is 19.7 Å². The predicted octanol–water partition coefficient (Wildman–Crippen LogP) is 2.21. The van der Waals surface area contributed by atoms with E-state index in [-0.39, 0.29) is 18.3 Å². The molecule has 0 spiro atoms. The van der Waals surface area contributed by atoms with Crippen molar-refractivity contribution in [1.29, 1.82) is 0 Å². The van der Waals surface area contributed by atoms with Crippen molar-refractivity contribution < 1.29 is 19.0 Å². The minimum Gasteiger partial charge on any atom is -0.478 e. The number of likely N-dealkylation sites (tertiary alicyclic amines) is 1. The summed E-state index contributed by atoms with van der Waals surface area (Å²) in [6.45, 7) is 3.13. The van der Waals surface area contributed by atoms with Crippen LogP contribution in [-0.4, -0.2) is 41.7 Å². The minimum atomic E-state index is -0.713. The highest BCUT2D eigenvalue weighted by atomic mass is 19.1. The molecular weight excluding hydrogens is 273 g/mol. The van der Waals surface area contributed by atoms with Crippen LogP contribution in [0.25, 0.3) is 0 Å². The molecule has 2 atom stereocenters. The number of para-hydroxylation sites is 1. The van der Waals surface area contributed by atoms with Gasteiger partial charge in [0.2, 0.25) is 0 Å². The van der Waals surface area contributed by atoms with E-state index >= 15 is 0 Å². The third kappa shape index (κ3) is 4.17. The molecule has 21 heavy (non-hydrogen) atoms. The van der Waals surface area contributed by atoms with Gasteiger partial charge in [-0.25, -0.2) is 4.39 Å². The summed E-state index contributed by atoms with van der Waals surface area (Å²) in [6.07, 6.45) is 1.97. The van der Waals surface area contributed by atoms with Crippen LogP contribution in [0.15, 0.2) is 24.3 Å². The van der Waals surface area contributed by atoms with Gasteiger partial charge in [0.1, 0.15) is 0 Å². The van der Waals surface area contributed by atoms with E-state index < -0.39 is 11.9 Å². The van der Waals surface area contributed by atoms with Gasteiger partial charge in [0.25, 0.3) is 5.91 Å². The molecule has 4 nitrogen and oxygen atoms in total. The number of piperidine rings is 1. The molecule has 1 heterocycles. The van der Waals surface area contributed by atoms with Gasteiger partial charge < -0.3 is 14.7 Å². The number of hydrogen-bond donors (Lipinski definition) is 1. The van der Waals surface area contributed by atoms with Crippen molar-refractivity contribution >= 4 is 5.91 Å². The lowest BCUT2D eigenvalue weighted by Crippen LogP contribution is -2.46. The Morgan fingerprint density at radius 3 is 3.00 bits per heavy atom. The Labute approximate surface area is 124 Å². The summed E-state index contributed by atoms with van der Waals surface area (Å²) in [7, 11) is 0. The zero-order valence-electron chi connectivity index (χ0n) is 12.3. The maximum atomic E-state index is 13.5. The normalized spacial score (nSPS) is 20.1. The number of nitrogens with zero attached hydrogens (tertiary/aromatic N) is 1. The van der Waals surface area contributed by atoms with Crippen molar-refractivity contribution in [3.8, 4) is 5.75 Å². The van der Waals surface area contributed by atoms with Gasteiger partial charge >= 0.3 is 0 Å². The molecule has 0 saturated carbocycles. The van der Waals surface area contributed by atoms with Crippen LogP contribution >= 0.6 is 0 Å². The SMILES string of the molecule is CC(Oc1ccccc1F)C(=O)N1CCCC(CCO)C1. The zero-order chi connectivity index (χ0) is 15.2. The fourth-order valence-electron chi connectivity index (χ4n) is 2.72. The van der Waals surface area contributed by atoms with Crippen LogP contribution in [-0.2, 0) is 4.79 Å². The number of rotatable bonds is 5. The molecule has 1 aromatic carbocycles. The summed E-state index contributed by atoms with van der Waals surface area (Å²) in [5.41, 5.74) is 0. The monoisotopic (exact) mass is 295 g/mol. The second kappa shape index (κ2) is 7.41. The Morgan fingerprint density at radius 2 is 2.29 bits per heavy atom. The molecule has 1 aliphatic rings. The van der Waals surface area contributed by atoms with Crippen LogP contribution in [0.2, 0.25) is 0 Å². The van der Waals surface area contributed by atoms with Gasteiger partial charge in [-0.05, 0) is 44.2 Å². The standard InChI is InChI=1S/C16H22FNO3/c1-12(21-15-7-3-2-6-14(15)17)16(20)18-9-4-5-13(11-18)8-10-19/h2-3,6-7,12-13,19H,4-5,8-11H2,1H3. The second-order valence-electron chi connectivity index (χ2n) is 5.50. The van der Waals surface area contributed by atoms with Gasteiger partial charge in [-0.15, -0.1) is 0 Å². The molecule has 1 N–H and O–H groups in total. The van der Waals surface area contributed by atoms with E-state index in [1.165, 1.54) is 12.1 Å². The molecule has 1 fully saturated rings. The van der Waals surface area contributed by atoms with Crippen LogP contribution in [0.3, 0.4) is 0 Å². The Bertz CT molecular complexity index is 478. The fourth-order valence-corrected chi connectivity index (χ4v) is 2.72. The quantitative estimate of drug-likeness (QED) is 0.906. The molecule has 2 rings (SSSR count). The van der Waals surface area contributed by atoms with Crippen LogP contribution in [0, 0.1) is 11.7 Å². The smallest absolute Gasteiger partial charge is 0.263 e. The molecule has 1 saturated heterocycles. The summed E-state index contributed by atoms with van der Waals surface area (Å²) in [5, 5.41) is 9.01. The van der Waals surface area contributed by atoms with E-state index in [0.717, 1.165) is 12.8 Å². The molecule has 0 aliphatic carbocycles. The molecule has 0 bridgehead atoms. The lowest BCUT2D eigenvalue weighted by molar-refractivity contribution is -0.140. The van der Waals surface area contributed by atoms with Crippen LogP contribution < -0.4 is 4.74 Å². The number of carbonyl (C=O) groups is 1. The first-order chi connectivity index (χ1) is 10.1. The number of carbonyl (C=O) groups excluding carboxylic acids is 1. The van der Waals surface area contributed by atoms with Gasteiger partial charge in [-0.2, -0.15) is 0 Å². The zero-order valence-corrected chi connectivity index (χ0v) is 12.3. The van der Waals surface area contributed by atoms with E-state index in [2.05, 4.69) is 0 Å². The summed E-state index contributed by atoms with van der Waals surface area (Å²) in [6, 6.07) is 6.08. The molecule has 0 aromatic heterocycles. The van der Waals surface area contributed by atoms with Crippen LogP contribution in [0.4, 0.5) is 4.39 Å². The maximum Gasteiger partial charge on any atom is 0.263 e. The van der Waals surface area contributed by atoms with E-state index in [0.29, 0.717) is 25.4 Å². The highest BCUT2D eigenvalue weighted by Gasteiger charge is 2.27. The lowest BCUT2D eigenvalue weighted by atomic mass is 9.95. The molecular formula is C16H22FNO3. The molecule has 116 valence electrons. The predicted molar refractivity (Wildman–Crippen MR) is 77.5 cm³/mol. The third-order valence-corrected chi connectivity index (χ3v) is 3.86. The van der Waals surface area contributed by atoms with Crippen LogP contribution in [0.5, 0.6) is 5.75 Å². The molecule has 1 aromatic rings. The summed E-state index contributed by atoms with van der Waals surface area (Å²) < 4.78 is 19.0. The van der Waals surface area contributed by atoms with E-state index in [9.17, 15) is 9.18 Å². The van der Waals surface area contributed by atoms with Crippen molar-refractivity contribution in [3.63, 3.8) is 0 Å². The highest BCUT2D eigenvalue weighted by Crippen LogP contribution is 2.22. The molecule has 2 unspecified atom stereocenters. The number of aliphatic hydroxyl groups is 1. The van der Waals surface area contributed by atoms with Crippen molar-refractivity contribution in [1.82, 2.24) is 4.90 Å². The average Bonchev–Trinajstić information content (AvgIpc) is 2.49. The maximum absolute atomic E-state index is 13.5. The van der Waals surface area contributed by atoms with Gasteiger partial charge in [0.15, 0.2) is 17.7 Å². The number of halogens is 1. The topological polar surface area (TPSA) is 49.8 Å². The number of ether oxygens (including phenoxy) is 1. The first-order valence-electron chi connectivity index (χ1n) is 7.42. The van der Waals surface area contributed by atoms with Gasteiger partial charge in [-0.3, -0.25) is 4.79 Å². The Hall–Kier alpha value is -1.62. The average molecular weight is 295 g/mol. The minimum absolute atomic E-state index is 0.0993. The molecule has 1 amide bonds. The third-order valence-electron chi connectivity index (χ3n) is 3.86. The van der Waals surface area contributed by atoms with Crippen molar-refractivity contribution in [2.45, 2.75) is 32.3 Å².